The minimum Gasteiger partial charge on any atom is -0.367 e. The molecular formula is C16H16FN3O2. The third-order valence-electron chi connectivity index (χ3n) is 3.60. The van der Waals surface area contributed by atoms with Crippen LogP contribution in [0.15, 0.2) is 43.0 Å². The molecule has 2 aromatic rings. The first-order chi connectivity index (χ1) is 10.6. The fraction of sp³-hybridized carbons (Fsp3) is 0.312. The lowest BCUT2D eigenvalue weighted by Gasteiger charge is -2.37. The zero-order chi connectivity index (χ0) is 15.5. The van der Waals surface area contributed by atoms with Gasteiger partial charge in [-0.15, -0.1) is 0 Å². The van der Waals surface area contributed by atoms with Crippen molar-refractivity contribution in [1.29, 1.82) is 0 Å². The summed E-state index contributed by atoms with van der Waals surface area (Å²) in [5, 5.41) is 0. The van der Waals surface area contributed by atoms with E-state index >= 15 is 0 Å². The number of carbonyl (C=O) groups excluding carboxylic acids is 1. The summed E-state index contributed by atoms with van der Waals surface area (Å²) in [5.41, 5.74) is 1.31. The molecule has 1 amide bonds. The number of rotatable bonds is 2. The van der Waals surface area contributed by atoms with Crippen LogP contribution in [0.3, 0.4) is 0 Å². The number of nitrogens with zero attached hydrogens (tertiary/aromatic N) is 3. The molecule has 1 aromatic heterocycles. The quantitative estimate of drug-likeness (QED) is 0.853. The van der Waals surface area contributed by atoms with E-state index in [0.717, 1.165) is 5.56 Å². The van der Waals surface area contributed by atoms with Gasteiger partial charge in [-0.3, -0.25) is 4.79 Å². The van der Waals surface area contributed by atoms with Gasteiger partial charge in [-0.25, -0.2) is 14.4 Å². The molecule has 22 heavy (non-hydrogen) atoms. The summed E-state index contributed by atoms with van der Waals surface area (Å²) >= 11 is 0. The summed E-state index contributed by atoms with van der Waals surface area (Å²) < 4.78 is 18.9. The molecule has 1 aliphatic rings. The summed E-state index contributed by atoms with van der Waals surface area (Å²) in [6, 6.07) is 6.17. The molecule has 114 valence electrons. The summed E-state index contributed by atoms with van der Waals surface area (Å²) in [5.74, 6) is -0.412. The maximum atomic E-state index is 13.0. The van der Waals surface area contributed by atoms with Crippen molar-refractivity contribution in [1.82, 2.24) is 14.9 Å². The molecule has 0 spiro atoms. The molecule has 6 heteroatoms. The first-order valence-corrected chi connectivity index (χ1v) is 7.08. The second-order valence-corrected chi connectivity index (χ2v) is 5.32. The van der Waals surface area contributed by atoms with Gasteiger partial charge < -0.3 is 9.64 Å². The third-order valence-corrected chi connectivity index (χ3v) is 3.60. The lowest BCUT2D eigenvalue weighted by molar-refractivity contribution is -0.0692. The molecule has 1 saturated heterocycles. The number of benzene rings is 1. The van der Waals surface area contributed by atoms with Crippen LogP contribution in [0.4, 0.5) is 4.39 Å². The molecule has 3 rings (SSSR count). The molecule has 0 N–H and O–H groups in total. The average molecular weight is 301 g/mol. The second kappa shape index (κ2) is 6.19. The summed E-state index contributed by atoms with van der Waals surface area (Å²) in [6.45, 7) is 2.84. The summed E-state index contributed by atoms with van der Waals surface area (Å²) in [4.78, 5) is 22.0. The predicted molar refractivity (Wildman–Crippen MR) is 77.6 cm³/mol. The van der Waals surface area contributed by atoms with E-state index in [9.17, 15) is 9.18 Å². The van der Waals surface area contributed by atoms with E-state index in [0.29, 0.717) is 18.7 Å². The predicted octanol–water partition coefficient (Wildman–Crippen LogP) is 2.22. The van der Waals surface area contributed by atoms with Crippen molar-refractivity contribution in [2.45, 2.75) is 19.1 Å². The maximum Gasteiger partial charge on any atom is 0.257 e. The Morgan fingerprint density at radius 2 is 1.91 bits per heavy atom. The van der Waals surface area contributed by atoms with Crippen LogP contribution in [0.5, 0.6) is 0 Å². The highest BCUT2D eigenvalue weighted by molar-refractivity contribution is 5.93. The van der Waals surface area contributed by atoms with Crippen LogP contribution < -0.4 is 0 Å². The molecule has 1 aliphatic heterocycles. The van der Waals surface area contributed by atoms with Gasteiger partial charge in [0.2, 0.25) is 0 Å². The van der Waals surface area contributed by atoms with E-state index in [4.69, 9.17) is 4.74 Å². The van der Waals surface area contributed by atoms with Crippen molar-refractivity contribution in [2.75, 3.05) is 13.1 Å². The van der Waals surface area contributed by atoms with Gasteiger partial charge >= 0.3 is 0 Å². The van der Waals surface area contributed by atoms with E-state index in [2.05, 4.69) is 9.97 Å². The van der Waals surface area contributed by atoms with E-state index in [-0.39, 0.29) is 23.9 Å². The second-order valence-electron chi connectivity index (χ2n) is 5.32. The van der Waals surface area contributed by atoms with Crippen molar-refractivity contribution in [2.24, 2.45) is 0 Å². The highest BCUT2D eigenvalue weighted by Crippen LogP contribution is 2.26. The number of ether oxygens (including phenoxy) is 1. The maximum absolute atomic E-state index is 13.0. The van der Waals surface area contributed by atoms with Crippen LogP contribution in [0.2, 0.25) is 0 Å². The molecule has 2 unspecified atom stereocenters. The van der Waals surface area contributed by atoms with Crippen LogP contribution in [0, 0.1) is 5.82 Å². The van der Waals surface area contributed by atoms with E-state index < -0.39 is 0 Å². The Labute approximate surface area is 127 Å². The summed E-state index contributed by atoms with van der Waals surface area (Å²) in [6.07, 6.45) is 4.03. The number of hydrogen-bond acceptors (Lipinski definition) is 4. The van der Waals surface area contributed by atoms with Gasteiger partial charge in [0.15, 0.2) is 0 Å². The number of halogens is 1. The topological polar surface area (TPSA) is 55.3 Å². The number of hydrogen-bond donors (Lipinski definition) is 0. The Bertz CT molecular complexity index is 648. The van der Waals surface area contributed by atoms with E-state index in [1.54, 1.807) is 17.0 Å². The summed E-state index contributed by atoms with van der Waals surface area (Å²) in [7, 11) is 0. The van der Waals surface area contributed by atoms with Gasteiger partial charge in [-0.2, -0.15) is 0 Å². The highest BCUT2D eigenvalue weighted by atomic mass is 19.1. The van der Waals surface area contributed by atoms with Crippen molar-refractivity contribution in [3.8, 4) is 0 Å². The van der Waals surface area contributed by atoms with Crippen LogP contribution >= 0.6 is 0 Å². The number of carbonyl (C=O) groups is 1. The standard InChI is InChI=1S/C16H16FN3O2/c1-11-8-20(16(21)13-6-18-10-19-7-13)9-15(22-11)12-2-4-14(17)5-3-12/h2-7,10-11,15H,8-9H2,1H3. The molecule has 5 nitrogen and oxygen atoms in total. The normalized spacial score (nSPS) is 21.6. The minimum atomic E-state index is -0.290. The van der Waals surface area contributed by atoms with Crippen molar-refractivity contribution in [3.05, 3.63) is 59.9 Å². The van der Waals surface area contributed by atoms with Gasteiger partial charge in [0.05, 0.1) is 18.2 Å². The van der Waals surface area contributed by atoms with Crippen LogP contribution in [-0.4, -0.2) is 40.0 Å². The zero-order valence-corrected chi connectivity index (χ0v) is 12.1. The Hall–Kier alpha value is -2.34. The fourth-order valence-electron chi connectivity index (χ4n) is 2.57. The van der Waals surface area contributed by atoms with Crippen LogP contribution in [0.1, 0.15) is 28.9 Å². The first-order valence-electron chi connectivity index (χ1n) is 7.08. The average Bonchev–Trinajstić information content (AvgIpc) is 2.55. The largest absolute Gasteiger partial charge is 0.367 e. The lowest BCUT2D eigenvalue weighted by atomic mass is 10.1. The van der Waals surface area contributed by atoms with Gasteiger partial charge in [0.1, 0.15) is 18.2 Å². The van der Waals surface area contributed by atoms with Gasteiger partial charge in [-0.1, -0.05) is 12.1 Å². The highest BCUT2D eigenvalue weighted by Gasteiger charge is 2.30. The Morgan fingerprint density at radius 1 is 1.23 bits per heavy atom. The SMILES string of the molecule is CC1CN(C(=O)c2cncnc2)CC(c2ccc(F)cc2)O1. The van der Waals surface area contributed by atoms with Crippen LogP contribution in [-0.2, 0) is 4.74 Å². The number of morpholine rings is 1. The third kappa shape index (κ3) is 3.12. The Balaban J connectivity index is 1.79. The Morgan fingerprint density at radius 3 is 2.59 bits per heavy atom. The fourth-order valence-corrected chi connectivity index (χ4v) is 2.57. The molecular weight excluding hydrogens is 285 g/mol. The Kier molecular flexibility index (Phi) is 4.11. The number of amides is 1. The van der Waals surface area contributed by atoms with Crippen molar-refractivity contribution >= 4 is 5.91 Å². The molecule has 1 aromatic carbocycles. The van der Waals surface area contributed by atoms with Crippen LogP contribution in [0.25, 0.3) is 0 Å². The lowest BCUT2D eigenvalue weighted by Crippen LogP contribution is -2.46. The smallest absolute Gasteiger partial charge is 0.257 e. The molecule has 2 heterocycles. The van der Waals surface area contributed by atoms with Crippen molar-refractivity contribution in [3.63, 3.8) is 0 Å². The molecule has 1 fully saturated rings. The van der Waals surface area contributed by atoms with Crippen molar-refractivity contribution < 1.29 is 13.9 Å². The monoisotopic (exact) mass is 301 g/mol. The van der Waals surface area contributed by atoms with E-state index in [1.165, 1.54) is 30.9 Å². The molecule has 0 radical (unpaired) electrons. The molecule has 0 saturated carbocycles. The van der Waals surface area contributed by atoms with Gasteiger partial charge in [0.25, 0.3) is 5.91 Å². The molecule has 0 bridgehead atoms. The van der Waals surface area contributed by atoms with E-state index in [1.807, 2.05) is 6.92 Å². The van der Waals surface area contributed by atoms with Gasteiger partial charge in [-0.05, 0) is 24.6 Å². The first kappa shape index (κ1) is 14.6. The zero-order valence-electron chi connectivity index (χ0n) is 12.1. The number of aromatic nitrogens is 2. The van der Waals surface area contributed by atoms with Gasteiger partial charge in [0, 0.05) is 18.9 Å². The molecule has 0 aliphatic carbocycles. The minimum absolute atomic E-state index is 0.0996. The molecule has 2 atom stereocenters.